The van der Waals surface area contributed by atoms with Crippen molar-refractivity contribution in [3.63, 3.8) is 0 Å². The molecule has 2 aromatic carbocycles. The van der Waals surface area contributed by atoms with Crippen LogP contribution in [0.3, 0.4) is 0 Å². The van der Waals surface area contributed by atoms with Gasteiger partial charge in [-0.05, 0) is 48.4 Å². The largest absolute Gasteiger partial charge is 0.469 e. The molecule has 3 rings (SSSR count). The monoisotopic (exact) mass is 445 g/mol. The average molecular weight is 446 g/mol. The van der Waals surface area contributed by atoms with Crippen molar-refractivity contribution in [2.24, 2.45) is 0 Å². The van der Waals surface area contributed by atoms with Gasteiger partial charge in [0.15, 0.2) is 5.13 Å². The van der Waals surface area contributed by atoms with Crippen molar-refractivity contribution in [3.05, 3.63) is 71.2 Å². The maximum atomic E-state index is 12.4. The molecule has 0 bridgehead atoms. The number of hydrogen-bond acceptors (Lipinski definition) is 7. The van der Waals surface area contributed by atoms with Crippen LogP contribution in [0.1, 0.15) is 22.3 Å². The number of esters is 1. The van der Waals surface area contributed by atoms with Crippen molar-refractivity contribution in [1.29, 1.82) is 0 Å². The highest BCUT2D eigenvalue weighted by Gasteiger charge is 2.15. The lowest BCUT2D eigenvalue weighted by atomic mass is 10.1. The van der Waals surface area contributed by atoms with Crippen molar-refractivity contribution in [2.45, 2.75) is 17.7 Å². The topological polar surface area (TPSA) is 114 Å². The number of carbonyl (C=O) groups is 2. The molecule has 0 atom stereocenters. The molecule has 0 aliphatic heterocycles. The summed E-state index contributed by atoms with van der Waals surface area (Å²) in [6, 6.07) is 12.7. The third kappa shape index (κ3) is 5.65. The number of aryl methyl sites for hydroxylation is 1. The molecule has 0 aliphatic carbocycles. The molecule has 10 heteroatoms. The molecular formula is C20H19N3O5S2. The molecule has 3 aromatic rings. The first-order chi connectivity index (χ1) is 14.4. The summed E-state index contributed by atoms with van der Waals surface area (Å²) >= 11 is 1.18. The Bertz CT molecular complexity index is 1110. The number of rotatable bonds is 8. The summed E-state index contributed by atoms with van der Waals surface area (Å²) < 4.78 is 31.7. The molecule has 1 heterocycles. The van der Waals surface area contributed by atoms with Gasteiger partial charge in [0.05, 0.1) is 12.0 Å². The average Bonchev–Trinajstić information content (AvgIpc) is 3.25. The van der Waals surface area contributed by atoms with Crippen LogP contribution in [0, 0.1) is 0 Å². The summed E-state index contributed by atoms with van der Waals surface area (Å²) in [6.07, 6.45) is 2.31. The lowest BCUT2D eigenvalue weighted by Crippen LogP contribution is -2.14. The number of methoxy groups -OCH3 is 1. The third-order valence-corrected chi connectivity index (χ3v) is 6.31. The Hall–Kier alpha value is -3.24. The number of anilines is 2. The first-order valence-electron chi connectivity index (χ1n) is 8.87. The number of nitrogens with one attached hydrogen (secondary N) is 2. The van der Waals surface area contributed by atoms with Gasteiger partial charge in [-0.3, -0.25) is 14.3 Å². The molecule has 2 N–H and O–H groups in total. The smallest absolute Gasteiger partial charge is 0.305 e. The van der Waals surface area contributed by atoms with E-state index in [-0.39, 0.29) is 28.3 Å². The Balaban J connectivity index is 1.61. The maximum absolute atomic E-state index is 12.4. The molecule has 1 aromatic heterocycles. The Kier molecular flexibility index (Phi) is 6.80. The molecule has 0 fully saturated rings. The van der Waals surface area contributed by atoms with Gasteiger partial charge in [0.2, 0.25) is 0 Å². The van der Waals surface area contributed by atoms with Crippen molar-refractivity contribution >= 4 is 44.1 Å². The number of sulfonamides is 1. The molecule has 156 valence electrons. The zero-order valence-electron chi connectivity index (χ0n) is 16.0. The molecule has 30 heavy (non-hydrogen) atoms. The van der Waals surface area contributed by atoms with Gasteiger partial charge in [-0.1, -0.05) is 12.1 Å². The number of nitrogens with zero attached hydrogens (tertiary/aromatic N) is 1. The molecule has 8 nitrogen and oxygen atoms in total. The SMILES string of the molecule is COC(=O)CCc1ccc(C(=O)Nc2ccc(S(=O)(=O)Nc3nccs3)cc2)cc1. The van der Waals surface area contributed by atoms with Crippen LogP contribution in [-0.4, -0.2) is 32.4 Å². The standard InChI is InChI=1S/C20H19N3O5S2/c1-28-18(24)11-4-14-2-5-15(6-3-14)19(25)22-16-7-9-17(10-8-16)30(26,27)23-20-21-12-13-29-20/h2-3,5-10,12-13H,4,11H2,1H3,(H,21,23)(H,22,25). The summed E-state index contributed by atoms with van der Waals surface area (Å²) in [4.78, 5) is 27.6. The Morgan fingerprint density at radius 3 is 2.37 bits per heavy atom. The van der Waals surface area contributed by atoms with Gasteiger partial charge in [0.25, 0.3) is 15.9 Å². The van der Waals surface area contributed by atoms with E-state index >= 15 is 0 Å². The zero-order chi connectivity index (χ0) is 21.6. The number of benzene rings is 2. The molecule has 0 aliphatic rings. The minimum absolute atomic E-state index is 0.0608. The molecule has 1 amide bonds. The van der Waals surface area contributed by atoms with Crippen molar-refractivity contribution in [2.75, 3.05) is 17.1 Å². The Morgan fingerprint density at radius 2 is 1.77 bits per heavy atom. The van der Waals surface area contributed by atoms with Crippen LogP contribution in [0.5, 0.6) is 0 Å². The second-order valence-corrected chi connectivity index (χ2v) is 8.77. The van der Waals surface area contributed by atoms with Crippen molar-refractivity contribution in [1.82, 2.24) is 4.98 Å². The lowest BCUT2D eigenvalue weighted by molar-refractivity contribution is -0.140. The summed E-state index contributed by atoms with van der Waals surface area (Å²) in [7, 11) is -2.40. The Morgan fingerprint density at radius 1 is 1.07 bits per heavy atom. The number of amides is 1. The highest BCUT2D eigenvalue weighted by molar-refractivity contribution is 7.93. The van der Waals surface area contributed by atoms with Crippen LogP contribution in [0.2, 0.25) is 0 Å². The van der Waals surface area contributed by atoms with E-state index in [1.54, 1.807) is 29.6 Å². The van der Waals surface area contributed by atoms with Crippen LogP contribution < -0.4 is 10.0 Å². The van der Waals surface area contributed by atoms with E-state index < -0.39 is 10.0 Å². The number of hydrogen-bond donors (Lipinski definition) is 2. The van der Waals surface area contributed by atoms with E-state index in [1.165, 1.54) is 48.9 Å². The fraction of sp³-hybridized carbons (Fsp3) is 0.150. The van der Waals surface area contributed by atoms with E-state index in [0.29, 0.717) is 17.7 Å². The second-order valence-electron chi connectivity index (χ2n) is 6.19. The third-order valence-electron chi connectivity index (χ3n) is 4.14. The van der Waals surface area contributed by atoms with E-state index in [1.807, 2.05) is 0 Å². The van der Waals surface area contributed by atoms with E-state index in [4.69, 9.17) is 0 Å². The van der Waals surface area contributed by atoms with Gasteiger partial charge in [-0.2, -0.15) is 0 Å². The summed E-state index contributed by atoms with van der Waals surface area (Å²) in [6.45, 7) is 0. The fourth-order valence-corrected chi connectivity index (χ4v) is 4.33. The number of ether oxygens (including phenoxy) is 1. The minimum Gasteiger partial charge on any atom is -0.469 e. The van der Waals surface area contributed by atoms with Crippen LogP contribution in [0.4, 0.5) is 10.8 Å². The molecule has 0 saturated carbocycles. The first kappa shape index (κ1) is 21.5. The highest BCUT2D eigenvalue weighted by Crippen LogP contribution is 2.20. The predicted octanol–water partition coefficient (Wildman–Crippen LogP) is 3.30. The first-order valence-corrected chi connectivity index (χ1v) is 11.2. The lowest BCUT2D eigenvalue weighted by Gasteiger charge is -2.08. The summed E-state index contributed by atoms with van der Waals surface area (Å²) in [5, 5.41) is 4.67. The van der Waals surface area contributed by atoms with E-state index in [0.717, 1.165) is 5.56 Å². The van der Waals surface area contributed by atoms with Crippen LogP contribution in [0.15, 0.2) is 65.0 Å². The van der Waals surface area contributed by atoms with Gasteiger partial charge in [0, 0.05) is 29.2 Å². The predicted molar refractivity (Wildman–Crippen MR) is 114 cm³/mol. The minimum atomic E-state index is -3.75. The second kappa shape index (κ2) is 9.51. The van der Waals surface area contributed by atoms with Gasteiger partial charge in [0.1, 0.15) is 0 Å². The van der Waals surface area contributed by atoms with Gasteiger partial charge < -0.3 is 10.1 Å². The van der Waals surface area contributed by atoms with Crippen LogP contribution in [-0.2, 0) is 26.0 Å². The number of carbonyl (C=O) groups excluding carboxylic acids is 2. The van der Waals surface area contributed by atoms with Gasteiger partial charge in [-0.15, -0.1) is 11.3 Å². The van der Waals surface area contributed by atoms with Gasteiger partial charge >= 0.3 is 5.97 Å². The Labute approximate surface area is 178 Å². The van der Waals surface area contributed by atoms with Crippen molar-refractivity contribution in [3.8, 4) is 0 Å². The van der Waals surface area contributed by atoms with E-state index in [9.17, 15) is 18.0 Å². The molecule has 0 saturated heterocycles. The van der Waals surface area contributed by atoms with Crippen molar-refractivity contribution < 1.29 is 22.7 Å². The molecule has 0 spiro atoms. The highest BCUT2D eigenvalue weighted by atomic mass is 32.2. The summed E-state index contributed by atoms with van der Waals surface area (Å²) in [5.41, 5.74) is 1.82. The molecular weight excluding hydrogens is 426 g/mol. The molecule has 0 radical (unpaired) electrons. The normalized spacial score (nSPS) is 11.0. The quantitative estimate of drug-likeness (QED) is 0.514. The van der Waals surface area contributed by atoms with Gasteiger partial charge in [-0.25, -0.2) is 13.4 Å². The zero-order valence-corrected chi connectivity index (χ0v) is 17.6. The number of thiazole rings is 1. The van der Waals surface area contributed by atoms with E-state index in [2.05, 4.69) is 19.8 Å². The molecule has 0 unspecified atom stereocenters. The van der Waals surface area contributed by atoms with Crippen LogP contribution in [0.25, 0.3) is 0 Å². The maximum Gasteiger partial charge on any atom is 0.305 e. The number of aromatic nitrogens is 1. The fourth-order valence-electron chi connectivity index (χ4n) is 2.54. The van der Waals surface area contributed by atoms with Crippen LogP contribution >= 0.6 is 11.3 Å². The summed E-state index contributed by atoms with van der Waals surface area (Å²) in [5.74, 6) is -0.616.